The molecule has 0 aliphatic rings. The fourth-order valence-electron chi connectivity index (χ4n) is 1.73. The van der Waals surface area contributed by atoms with Crippen LogP contribution in [0.15, 0.2) is 36.5 Å². The van der Waals surface area contributed by atoms with Crippen LogP contribution in [0.25, 0.3) is 11.4 Å². The van der Waals surface area contributed by atoms with Gasteiger partial charge in [0.2, 0.25) is 0 Å². The molecule has 5 heteroatoms. The molecule has 0 N–H and O–H groups in total. The van der Waals surface area contributed by atoms with Crippen molar-refractivity contribution in [2.45, 2.75) is 13.8 Å². The van der Waals surface area contributed by atoms with E-state index < -0.39 is 5.97 Å². The Morgan fingerprint density at radius 2 is 1.90 bits per heavy atom. The third kappa shape index (κ3) is 2.88. The molecule has 0 spiro atoms. The van der Waals surface area contributed by atoms with Gasteiger partial charge < -0.3 is 4.74 Å². The first-order valence-electron chi connectivity index (χ1n) is 6.24. The van der Waals surface area contributed by atoms with E-state index in [2.05, 4.69) is 9.97 Å². The van der Waals surface area contributed by atoms with E-state index in [1.165, 1.54) is 13.1 Å². The van der Waals surface area contributed by atoms with Gasteiger partial charge in [-0.05, 0) is 6.92 Å². The van der Waals surface area contributed by atoms with Crippen molar-refractivity contribution in [2.75, 3.05) is 6.61 Å². The molecule has 0 aliphatic heterocycles. The lowest BCUT2D eigenvalue weighted by molar-refractivity contribution is 0.0522. The molecule has 0 atom stereocenters. The van der Waals surface area contributed by atoms with E-state index in [0.29, 0.717) is 5.82 Å². The summed E-state index contributed by atoms with van der Waals surface area (Å²) in [6, 6.07) is 9.26. The van der Waals surface area contributed by atoms with Gasteiger partial charge in [-0.2, -0.15) is 0 Å². The van der Waals surface area contributed by atoms with Crippen LogP contribution in [-0.2, 0) is 4.74 Å². The highest BCUT2D eigenvalue weighted by Crippen LogP contribution is 2.17. The van der Waals surface area contributed by atoms with Gasteiger partial charge >= 0.3 is 5.97 Å². The third-order valence-electron chi connectivity index (χ3n) is 2.65. The maximum Gasteiger partial charge on any atom is 0.342 e. The summed E-state index contributed by atoms with van der Waals surface area (Å²) in [6.07, 6.45) is 1.34. The highest BCUT2D eigenvalue weighted by atomic mass is 16.5. The zero-order valence-electron chi connectivity index (χ0n) is 11.3. The monoisotopic (exact) mass is 270 g/mol. The molecule has 0 radical (unpaired) electrons. The van der Waals surface area contributed by atoms with E-state index in [-0.39, 0.29) is 23.6 Å². The van der Waals surface area contributed by atoms with E-state index in [0.717, 1.165) is 5.56 Å². The number of ketones is 1. The summed E-state index contributed by atoms with van der Waals surface area (Å²) in [5.41, 5.74) is 0.960. The first-order chi connectivity index (χ1) is 9.63. The number of rotatable bonds is 4. The van der Waals surface area contributed by atoms with Crippen LogP contribution in [0, 0.1) is 0 Å². The minimum absolute atomic E-state index is 0.0808. The molecule has 1 aromatic carbocycles. The fraction of sp³-hybridized carbons (Fsp3) is 0.200. The molecule has 1 heterocycles. The second kappa shape index (κ2) is 6.06. The number of Topliss-reactive ketones (excluding diaryl/α,β-unsaturated/α-hetero) is 1. The Morgan fingerprint density at radius 3 is 2.50 bits per heavy atom. The topological polar surface area (TPSA) is 69.2 Å². The Bertz CT molecular complexity index is 639. The minimum Gasteiger partial charge on any atom is -0.462 e. The highest BCUT2D eigenvalue weighted by Gasteiger charge is 2.19. The first kappa shape index (κ1) is 13.9. The molecule has 0 bridgehead atoms. The molecular formula is C15H14N2O3. The zero-order chi connectivity index (χ0) is 14.5. The first-order valence-corrected chi connectivity index (χ1v) is 6.24. The Hall–Kier alpha value is -2.56. The largest absolute Gasteiger partial charge is 0.462 e. The molecule has 1 aromatic heterocycles. The van der Waals surface area contributed by atoms with Crippen molar-refractivity contribution >= 4 is 11.8 Å². The number of ether oxygens (including phenoxy) is 1. The second-order valence-electron chi connectivity index (χ2n) is 4.10. The molecule has 2 aromatic rings. The maximum absolute atomic E-state index is 11.8. The number of esters is 1. The fourth-order valence-corrected chi connectivity index (χ4v) is 1.73. The summed E-state index contributed by atoms with van der Waals surface area (Å²) in [5.74, 6) is -0.478. The molecule has 0 fully saturated rings. The third-order valence-corrected chi connectivity index (χ3v) is 2.65. The van der Waals surface area contributed by atoms with Crippen LogP contribution in [-0.4, -0.2) is 28.3 Å². The molecule has 20 heavy (non-hydrogen) atoms. The summed E-state index contributed by atoms with van der Waals surface area (Å²) in [7, 11) is 0. The minimum atomic E-state index is -0.586. The summed E-state index contributed by atoms with van der Waals surface area (Å²) in [6.45, 7) is 3.29. The van der Waals surface area contributed by atoms with Gasteiger partial charge in [-0.15, -0.1) is 0 Å². The van der Waals surface area contributed by atoms with Crippen molar-refractivity contribution < 1.29 is 14.3 Å². The average molecular weight is 270 g/mol. The number of hydrogen-bond acceptors (Lipinski definition) is 5. The van der Waals surface area contributed by atoms with Crippen molar-refractivity contribution in [1.29, 1.82) is 0 Å². The van der Waals surface area contributed by atoms with Crippen LogP contribution in [0.2, 0.25) is 0 Å². The zero-order valence-corrected chi connectivity index (χ0v) is 11.3. The molecule has 0 saturated heterocycles. The Morgan fingerprint density at radius 1 is 1.20 bits per heavy atom. The lowest BCUT2D eigenvalue weighted by Gasteiger charge is -2.07. The van der Waals surface area contributed by atoms with Crippen molar-refractivity contribution in [3.05, 3.63) is 47.8 Å². The predicted molar refractivity (Wildman–Crippen MR) is 73.4 cm³/mol. The average Bonchev–Trinajstić information content (AvgIpc) is 2.47. The summed E-state index contributed by atoms with van der Waals surface area (Å²) >= 11 is 0. The molecular weight excluding hydrogens is 256 g/mol. The maximum atomic E-state index is 11.8. The van der Waals surface area contributed by atoms with E-state index in [1.807, 2.05) is 30.3 Å². The van der Waals surface area contributed by atoms with Gasteiger partial charge in [0.1, 0.15) is 11.3 Å². The molecule has 5 nitrogen and oxygen atoms in total. The quantitative estimate of drug-likeness (QED) is 0.630. The van der Waals surface area contributed by atoms with Gasteiger partial charge in [0.25, 0.3) is 0 Å². The number of carbonyl (C=O) groups is 2. The van der Waals surface area contributed by atoms with Crippen LogP contribution in [0.3, 0.4) is 0 Å². The van der Waals surface area contributed by atoms with Crippen LogP contribution in [0.1, 0.15) is 34.7 Å². The van der Waals surface area contributed by atoms with Crippen LogP contribution in [0.4, 0.5) is 0 Å². The van der Waals surface area contributed by atoms with Crippen molar-refractivity contribution in [3.8, 4) is 11.4 Å². The van der Waals surface area contributed by atoms with Gasteiger partial charge in [-0.1, -0.05) is 30.3 Å². The van der Waals surface area contributed by atoms with Gasteiger partial charge in [0, 0.05) is 18.7 Å². The summed E-state index contributed by atoms with van der Waals surface area (Å²) < 4.78 is 4.89. The van der Waals surface area contributed by atoms with Crippen molar-refractivity contribution in [3.63, 3.8) is 0 Å². The number of nitrogens with zero attached hydrogens (tertiary/aromatic N) is 2. The molecule has 0 saturated carbocycles. The molecule has 102 valence electrons. The predicted octanol–water partition coefficient (Wildman–Crippen LogP) is 2.52. The SMILES string of the molecule is CCOC(=O)c1cnc(-c2ccccc2)nc1C(C)=O. The van der Waals surface area contributed by atoms with Crippen LogP contribution >= 0.6 is 0 Å². The Labute approximate surface area is 116 Å². The van der Waals surface area contributed by atoms with Crippen molar-refractivity contribution in [1.82, 2.24) is 9.97 Å². The van der Waals surface area contributed by atoms with E-state index in [4.69, 9.17) is 4.74 Å². The van der Waals surface area contributed by atoms with Gasteiger partial charge in [-0.25, -0.2) is 14.8 Å². The van der Waals surface area contributed by atoms with Gasteiger partial charge in [-0.3, -0.25) is 4.79 Å². The smallest absolute Gasteiger partial charge is 0.342 e. The summed E-state index contributed by atoms with van der Waals surface area (Å²) in [4.78, 5) is 31.7. The lowest BCUT2D eigenvalue weighted by atomic mass is 10.1. The number of aromatic nitrogens is 2. The highest BCUT2D eigenvalue weighted by molar-refractivity contribution is 6.03. The second-order valence-corrected chi connectivity index (χ2v) is 4.10. The molecule has 0 unspecified atom stereocenters. The van der Waals surface area contributed by atoms with E-state index in [1.54, 1.807) is 6.92 Å². The van der Waals surface area contributed by atoms with E-state index in [9.17, 15) is 9.59 Å². The van der Waals surface area contributed by atoms with E-state index >= 15 is 0 Å². The van der Waals surface area contributed by atoms with Gasteiger partial charge in [0.05, 0.1) is 6.61 Å². The summed E-state index contributed by atoms with van der Waals surface area (Å²) in [5, 5.41) is 0. The molecule has 2 rings (SSSR count). The number of carbonyl (C=O) groups excluding carboxylic acids is 2. The van der Waals surface area contributed by atoms with Gasteiger partial charge in [0.15, 0.2) is 11.6 Å². The molecule has 0 amide bonds. The lowest BCUT2D eigenvalue weighted by Crippen LogP contribution is -2.13. The Balaban J connectivity index is 2.48. The Kier molecular flexibility index (Phi) is 4.20. The van der Waals surface area contributed by atoms with Crippen LogP contribution < -0.4 is 0 Å². The van der Waals surface area contributed by atoms with Crippen molar-refractivity contribution in [2.24, 2.45) is 0 Å². The standard InChI is InChI=1S/C15H14N2O3/c1-3-20-15(19)12-9-16-14(17-13(12)10(2)18)11-7-5-4-6-8-11/h4-9H,3H2,1-2H3. The number of hydrogen-bond donors (Lipinski definition) is 0. The number of benzene rings is 1. The molecule has 0 aliphatic carbocycles. The van der Waals surface area contributed by atoms with Crippen LogP contribution in [0.5, 0.6) is 0 Å². The normalized spacial score (nSPS) is 10.1.